The summed E-state index contributed by atoms with van der Waals surface area (Å²) >= 11 is 0. The minimum atomic E-state index is -0.600. The summed E-state index contributed by atoms with van der Waals surface area (Å²) in [5.41, 5.74) is 0. The van der Waals surface area contributed by atoms with E-state index in [-0.39, 0.29) is 55.2 Å². The fraction of sp³-hybridized carbons (Fsp3) is 0.625. The van der Waals surface area contributed by atoms with Crippen molar-refractivity contribution in [3.05, 3.63) is 12.2 Å². The van der Waals surface area contributed by atoms with Crippen LogP contribution >= 0.6 is 0 Å². The van der Waals surface area contributed by atoms with E-state index in [2.05, 4.69) is 5.32 Å². The monoisotopic (exact) mass is 322 g/mol. The van der Waals surface area contributed by atoms with Gasteiger partial charge in [0.05, 0.1) is 18.3 Å². The fourth-order valence-corrected chi connectivity index (χ4v) is 2.87. The Balaban J connectivity index is 1.77. The average Bonchev–Trinajstić information content (AvgIpc) is 2.75. The molecule has 7 nitrogen and oxygen atoms in total. The Hall–Kier alpha value is -2.18. The van der Waals surface area contributed by atoms with Gasteiger partial charge in [0.1, 0.15) is 0 Å². The maximum absolute atomic E-state index is 12.2. The summed E-state index contributed by atoms with van der Waals surface area (Å²) in [6.45, 7) is 3.26. The lowest BCUT2D eigenvalue weighted by Gasteiger charge is -2.14. The zero-order valence-electron chi connectivity index (χ0n) is 13.4. The predicted octanol–water partition coefficient (Wildman–Crippen LogP) is 0.395. The van der Waals surface area contributed by atoms with E-state index < -0.39 is 5.97 Å². The third-order valence-electron chi connectivity index (χ3n) is 3.95. The second-order valence-corrected chi connectivity index (χ2v) is 6.12. The summed E-state index contributed by atoms with van der Waals surface area (Å²) in [7, 11) is 0. The Kier molecular flexibility index (Phi) is 5.52. The standard InChI is InChI=1S/C16H22N2O5/c1-10(2)17-13(19)9-23-14(20)7-8-18-15(21)11-5-3-4-6-12(11)16(18)22/h3-4,10-12H,5-9H2,1-2H3,(H,17,19)/t11-,12-/m0/s1. The average molecular weight is 322 g/mol. The molecule has 0 saturated carbocycles. The van der Waals surface area contributed by atoms with Crippen molar-refractivity contribution in [3.8, 4) is 0 Å². The van der Waals surface area contributed by atoms with Crippen LogP contribution in [-0.4, -0.2) is 47.8 Å². The van der Waals surface area contributed by atoms with E-state index in [9.17, 15) is 19.2 Å². The van der Waals surface area contributed by atoms with Crippen LogP contribution in [0.15, 0.2) is 12.2 Å². The normalized spacial score (nSPS) is 23.2. The fourth-order valence-electron chi connectivity index (χ4n) is 2.87. The van der Waals surface area contributed by atoms with Crippen molar-refractivity contribution < 1.29 is 23.9 Å². The van der Waals surface area contributed by atoms with Crippen molar-refractivity contribution in [2.45, 2.75) is 39.2 Å². The largest absolute Gasteiger partial charge is 0.456 e. The van der Waals surface area contributed by atoms with Crippen molar-refractivity contribution in [1.29, 1.82) is 0 Å². The number of allylic oxidation sites excluding steroid dienone is 2. The van der Waals surface area contributed by atoms with Crippen LogP contribution in [-0.2, 0) is 23.9 Å². The maximum atomic E-state index is 12.2. The topological polar surface area (TPSA) is 92.8 Å². The molecule has 0 unspecified atom stereocenters. The Labute approximate surface area is 135 Å². The highest BCUT2D eigenvalue weighted by molar-refractivity contribution is 6.05. The number of imide groups is 1. The number of ether oxygens (including phenoxy) is 1. The van der Waals surface area contributed by atoms with Crippen LogP contribution in [0.5, 0.6) is 0 Å². The van der Waals surface area contributed by atoms with E-state index >= 15 is 0 Å². The lowest BCUT2D eigenvalue weighted by Crippen LogP contribution is -2.35. The molecule has 0 aromatic carbocycles. The molecule has 0 bridgehead atoms. The van der Waals surface area contributed by atoms with Crippen LogP contribution in [0.3, 0.4) is 0 Å². The first-order valence-electron chi connectivity index (χ1n) is 7.85. The van der Waals surface area contributed by atoms with Crippen LogP contribution in [0, 0.1) is 11.8 Å². The van der Waals surface area contributed by atoms with E-state index in [0.717, 1.165) is 4.90 Å². The molecule has 2 aliphatic rings. The number of hydrogen-bond donors (Lipinski definition) is 1. The van der Waals surface area contributed by atoms with Crippen molar-refractivity contribution >= 4 is 23.7 Å². The lowest BCUT2D eigenvalue weighted by atomic mass is 9.85. The van der Waals surface area contributed by atoms with E-state index in [1.165, 1.54) is 0 Å². The van der Waals surface area contributed by atoms with Gasteiger partial charge in [-0.05, 0) is 26.7 Å². The van der Waals surface area contributed by atoms with Crippen molar-refractivity contribution in [2.75, 3.05) is 13.2 Å². The van der Waals surface area contributed by atoms with Crippen molar-refractivity contribution in [3.63, 3.8) is 0 Å². The highest BCUT2D eigenvalue weighted by Crippen LogP contribution is 2.34. The van der Waals surface area contributed by atoms with Crippen LogP contribution in [0.2, 0.25) is 0 Å². The summed E-state index contributed by atoms with van der Waals surface area (Å²) in [6, 6.07) is -0.0296. The summed E-state index contributed by atoms with van der Waals surface area (Å²) in [5, 5.41) is 2.60. The number of amides is 3. The molecular weight excluding hydrogens is 300 g/mol. The molecule has 1 N–H and O–H groups in total. The predicted molar refractivity (Wildman–Crippen MR) is 80.9 cm³/mol. The molecule has 126 valence electrons. The number of nitrogens with zero attached hydrogens (tertiary/aromatic N) is 1. The maximum Gasteiger partial charge on any atom is 0.308 e. The highest BCUT2D eigenvalue weighted by atomic mass is 16.5. The minimum Gasteiger partial charge on any atom is -0.456 e. The molecule has 0 aromatic rings. The van der Waals surface area contributed by atoms with Gasteiger partial charge in [-0.1, -0.05) is 12.2 Å². The van der Waals surface area contributed by atoms with Gasteiger partial charge in [0, 0.05) is 12.6 Å². The van der Waals surface area contributed by atoms with Gasteiger partial charge in [-0.3, -0.25) is 24.1 Å². The Bertz CT molecular complexity index is 515. The van der Waals surface area contributed by atoms with Crippen molar-refractivity contribution in [1.82, 2.24) is 10.2 Å². The van der Waals surface area contributed by atoms with E-state index in [1.807, 2.05) is 12.2 Å². The Morgan fingerprint density at radius 1 is 1.22 bits per heavy atom. The molecule has 0 aromatic heterocycles. The summed E-state index contributed by atoms with van der Waals surface area (Å²) in [5.74, 6) is -1.98. The molecule has 3 amide bonds. The van der Waals surface area contributed by atoms with Gasteiger partial charge in [-0.2, -0.15) is 0 Å². The molecule has 1 aliphatic carbocycles. The summed E-state index contributed by atoms with van der Waals surface area (Å²) in [6.07, 6.45) is 4.88. The number of esters is 1. The lowest BCUT2D eigenvalue weighted by molar-refractivity contribution is -0.150. The highest BCUT2D eigenvalue weighted by Gasteiger charge is 2.46. The number of hydrogen-bond acceptors (Lipinski definition) is 5. The first kappa shape index (κ1) is 17.2. The van der Waals surface area contributed by atoms with Gasteiger partial charge >= 0.3 is 5.97 Å². The second kappa shape index (κ2) is 7.39. The molecule has 1 aliphatic heterocycles. The third-order valence-corrected chi connectivity index (χ3v) is 3.95. The molecule has 0 spiro atoms. The van der Waals surface area contributed by atoms with Gasteiger partial charge in [0.15, 0.2) is 6.61 Å². The minimum absolute atomic E-state index is 0.00923. The zero-order chi connectivity index (χ0) is 17.0. The van der Waals surface area contributed by atoms with Crippen LogP contribution in [0.1, 0.15) is 33.1 Å². The molecular formula is C16H22N2O5. The number of rotatable bonds is 6. The number of fused-ring (bicyclic) bond motifs is 1. The molecule has 1 saturated heterocycles. The number of nitrogens with one attached hydrogen (secondary N) is 1. The molecule has 1 fully saturated rings. The quantitative estimate of drug-likeness (QED) is 0.434. The van der Waals surface area contributed by atoms with Gasteiger partial charge < -0.3 is 10.1 Å². The van der Waals surface area contributed by atoms with Crippen LogP contribution < -0.4 is 5.32 Å². The number of likely N-dealkylation sites (tertiary alicyclic amines) is 1. The molecule has 7 heteroatoms. The van der Waals surface area contributed by atoms with Gasteiger partial charge in [0.25, 0.3) is 5.91 Å². The first-order chi connectivity index (χ1) is 10.9. The Morgan fingerprint density at radius 2 is 1.78 bits per heavy atom. The molecule has 1 heterocycles. The Morgan fingerprint density at radius 3 is 2.30 bits per heavy atom. The summed E-state index contributed by atoms with van der Waals surface area (Å²) in [4.78, 5) is 48.6. The molecule has 0 radical (unpaired) electrons. The zero-order valence-corrected chi connectivity index (χ0v) is 13.4. The van der Waals surface area contributed by atoms with E-state index in [1.54, 1.807) is 13.8 Å². The van der Waals surface area contributed by atoms with Crippen LogP contribution in [0.4, 0.5) is 0 Å². The van der Waals surface area contributed by atoms with E-state index in [0.29, 0.717) is 12.8 Å². The van der Waals surface area contributed by atoms with E-state index in [4.69, 9.17) is 4.74 Å². The van der Waals surface area contributed by atoms with Crippen molar-refractivity contribution in [2.24, 2.45) is 11.8 Å². The first-order valence-corrected chi connectivity index (χ1v) is 7.85. The molecule has 2 atom stereocenters. The second-order valence-electron chi connectivity index (χ2n) is 6.12. The SMILES string of the molecule is CC(C)NC(=O)COC(=O)CCN1C(=O)[C@H]2CC=CC[C@@H]2C1=O. The number of carbonyl (C=O) groups is 4. The third kappa shape index (κ3) is 4.18. The van der Waals surface area contributed by atoms with Gasteiger partial charge in [-0.15, -0.1) is 0 Å². The summed E-state index contributed by atoms with van der Waals surface area (Å²) < 4.78 is 4.84. The number of carbonyl (C=O) groups excluding carboxylic acids is 4. The smallest absolute Gasteiger partial charge is 0.308 e. The van der Waals surface area contributed by atoms with Gasteiger partial charge in [0.2, 0.25) is 11.8 Å². The molecule has 23 heavy (non-hydrogen) atoms. The van der Waals surface area contributed by atoms with Crippen LogP contribution in [0.25, 0.3) is 0 Å². The van der Waals surface area contributed by atoms with Gasteiger partial charge in [-0.25, -0.2) is 0 Å². The molecule has 2 rings (SSSR count).